The zero-order valence-corrected chi connectivity index (χ0v) is 13.1. The molecule has 1 aromatic heterocycles. The zero-order chi connectivity index (χ0) is 15.1. The summed E-state index contributed by atoms with van der Waals surface area (Å²) in [6.07, 6.45) is 0. The molecule has 0 saturated carbocycles. The summed E-state index contributed by atoms with van der Waals surface area (Å²) in [5.74, 6) is 1.73. The predicted octanol–water partition coefficient (Wildman–Crippen LogP) is 2.33. The van der Waals surface area contributed by atoms with Gasteiger partial charge in [0.2, 0.25) is 0 Å². The lowest BCUT2D eigenvalue weighted by molar-refractivity contribution is 0.0890. The zero-order valence-electron chi connectivity index (χ0n) is 13.1. The van der Waals surface area contributed by atoms with Crippen molar-refractivity contribution in [1.82, 2.24) is 14.7 Å². The second-order valence-electron chi connectivity index (χ2n) is 6.20. The normalized spacial score (nSPS) is 18.3. The average Bonchev–Trinajstić information content (AvgIpc) is 2.80. The van der Waals surface area contributed by atoms with Crippen molar-refractivity contribution in [2.45, 2.75) is 26.4 Å². The summed E-state index contributed by atoms with van der Waals surface area (Å²) in [6.45, 7) is 8.51. The van der Waals surface area contributed by atoms with Gasteiger partial charge in [-0.2, -0.15) is 5.10 Å². The Labute approximate surface area is 130 Å². The Morgan fingerprint density at radius 1 is 1.09 bits per heavy atom. The molecule has 0 spiro atoms. The number of aryl methyl sites for hydroxylation is 2. The lowest BCUT2D eigenvalue weighted by Crippen LogP contribution is -2.47. The molecule has 2 aliphatic heterocycles. The molecule has 1 fully saturated rings. The average molecular weight is 299 g/mol. The first-order valence-corrected chi connectivity index (χ1v) is 7.83. The Hall–Kier alpha value is -2.01. The molecule has 0 radical (unpaired) electrons. The number of nitrogens with zero attached hydrogens (tertiary/aromatic N) is 3. The van der Waals surface area contributed by atoms with Crippen molar-refractivity contribution in [3.05, 3.63) is 41.2 Å². The molecule has 0 atom stereocenters. The fraction of sp³-hybridized carbons (Fsp3) is 0.471. The van der Waals surface area contributed by atoms with Crippen molar-refractivity contribution >= 4 is 0 Å². The van der Waals surface area contributed by atoms with E-state index in [9.17, 15) is 0 Å². The maximum atomic E-state index is 5.65. The van der Waals surface area contributed by atoms with Gasteiger partial charge in [-0.1, -0.05) is 6.07 Å². The number of fused-ring (bicyclic) bond motifs is 1. The van der Waals surface area contributed by atoms with Crippen LogP contribution in [0.2, 0.25) is 0 Å². The number of benzene rings is 1. The first-order valence-electron chi connectivity index (χ1n) is 7.83. The van der Waals surface area contributed by atoms with E-state index >= 15 is 0 Å². The second-order valence-corrected chi connectivity index (χ2v) is 6.20. The molecule has 0 amide bonds. The standard InChI is InChI=1S/C17H21N3O2/c1-12-7-13(2)20(18-12)15-10-19(11-15)9-14-3-4-16-17(8-14)22-6-5-21-16/h3-4,7-8,15H,5-6,9-11H2,1-2H3. The van der Waals surface area contributed by atoms with Crippen molar-refractivity contribution in [2.24, 2.45) is 0 Å². The van der Waals surface area contributed by atoms with Gasteiger partial charge in [-0.15, -0.1) is 0 Å². The molecule has 1 saturated heterocycles. The Balaban J connectivity index is 1.39. The van der Waals surface area contributed by atoms with Gasteiger partial charge in [-0.05, 0) is 37.6 Å². The number of hydrogen-bond donors (Lipinski definition) is 0. The maximum absolute atomic E-state index is 5.65. The van der Waals surface area contributed by atoms with Crippen LogP contribution in [0.1, 0.15) is 23.0 Å². The largest absolute Gasteiger partial charge is 0.486 e. The van der Waals surface area contributed by atoms with E-state index in [-0.39, 0.29) is 0 Å². The summed E-state index contributed by atoms with van der Waals surface area (Å²) >= 11 is 0. The third-order valence-corrected chi connectivity index (χ3v) is 4.34. The minimum absolute atomic E-state index is 0.505. The third-order valence-electron chi connectivity index (χ3n) is 4.34. The summed E-state index contributed by atoms with van der Waals surface area (Å²) < 4.78 is 13.4. The van der Waals surface area contributed by atoms with Crippen LogP contribution in [-0.4, -0.2) is 41.0 Å². The molecule has 116 valence electrons. The number of rotatable bonds is 3. The van der Waals surface area contributed by atoms with Gasteiger partial charge in [-0.25, -0.2) is 0 Å². The van der Waals surface area contributed by atoms with Gasteiger partial charge in [-0.3, -0.25) is 9.58 Å². The first kappa shape index (κ1) is 13.6. The fourth-order valence-corrected chi connectivity index (χ4v) is 3.29. The van der Waals surface area contributed by atoms with E-state index in [0.717, 1.165) is 36.8 Å². The van der Waals surface area contributed by atoms with E-state index in [1.807, 2.05) is 6.07 Å². The highest BCUT2D eigenvalue weighted by molar-refractivity contribution is 5.43. The monoisotopic (exact) mass is 299 g/mol. The van der Waals surface area contributed by atoms with Crippen LogP contribution < -0.4 is 9.47 Å². The van der Waals surface area contributed by atoms with Gasteiger partial charge in [0.05, 0.1) is 11.7 Å². The van der Waals surface area contributed by atoms with Gasteiger partial charge < -0.3 is 9.47 Å². The van der Waals surface area contributed by atoms with E-state index < -0.39 is 0 Å². The van der Waals surface area contributed by atoms with Crippen LogP contribution in [0, 0.1) is 13.8 Å². The molecule has 3 heterocycles. The summed E-state index contributed by atoms with van der Waals surface area (Å²) in [7, 11) is 0. The van der Waals surface area contributed by atoms with Crippen LogP contribution in [0.3, 0.4) is 0 Å². The minimum Gasteiger partial charge on any atom is -0.486 e. The molecule has 2 aliphatic rings. The van der Waals surface area contributed by atoms with Crippen LogP contribution >= 0.6 is 0 Å². The molecule has 0 N–H and O–H groups in total. The quantitative estimate of drug-likeness (QED) is 0.872. The Bertz CT molecular complexity index is 689. The van der Waals surface area contributed by atoms with Gasteiger partial charge in [0.15, 0.2) is 11.5 Å². The highest BCUT2D eigenvalue weighted by Gasteiger charge is 2.29. The second kappa shape index (κ2) is 5.32. The summed E-state index contributed by atoms with van der Waals surface area (Å²) in [5.41, 5.74) is 3.63. The molecule has 5 heteroatoms. The SMILES string of the molecule is Cc1cc(C)n(C2CN(Cc3ccc4c(c3)OCCO4)C2)n1. The van der Waals surface area contributed by atoms with Crippen molar-refractivity contribution in [3.8, 4) is 11.5 Å². The predicted molar refractivity (Wildman–Crippen MR) is 83.4 cm³/mol. The van der Waals surface area contributed by atoms with Crippen molar-refractivity contribution in [1.29, 1.82) is 0 Å². The topological polar surface area (TPSA) is 39.5 Å². The van der Waals surface area contributed by atoms with Crippen LogP contribution in [0.15, 0.2) is 24.3 Å². The number of likely N-dealkylation sites (tertiary alicyclic amines) is 1. The molecule has 2 aromatic rings. The highest BCUT2D eigenvalue weighted by atomic mass is 16.6. The molecule has 0 bridgehead atoms. The molecule has 5 nitrogen and oxygen atoms in total. The van der Waals surface area contributed by atoms with E-state index in [2.05, 4.69) is 46.7 Å². The Morgan fingerprint density at radius 3 is 2.59 bits per heavy atom. The lowest BCUT2D eigenvalue weighted by atomic mass is 10.1. The lowest BCUT2D eigenvalue weighted by Gasteiger charge is -2.40. The van der Waals surface area contributed by atoms with Crippen LogP contribution in [0.4, 0.5) is 0 Å². The van der Waals surface area contributed by atoms with Crippen LogP contribution in [-0.2, 0) is 6.54 Å². The number of aromatic nitrogens is 2. The number of ether oxygens (including phenoxy) is 2. The fourth-order valence-electron chi connectivity index (χ4n) is 3.29. The molecular weight excluding hydrogens is 278 g/mol. The Kier molecular flexibility index (Phi) is 3.30. The minimum atomic E-state index is 0.505. The molecular formula is C17H21N3O2. The molecule has 0 unspecified atom stereocenters. The Morgan fingerprint density at radius 2 is 1.86 bits per heavy atom. The smallest absolute Gasteiger partial charge is 0.161 e. The molecule has 0 aliphatic carbocycles. The van der Waals surface area contributed by atoms with E-state index in [0.29, 0.717) is 19.3 Å². The van der Waals surface area contributed by atoms with Gasteiger partial charge >= 0.3 is 0 Å². The highest BCUT2D eigenvalue weighted by Crippen LogP contribution is 2.32. The van der Waals surface area contributed by atoms with Crippen molar-refractivity contribution in [2.75, 3.05) is 26.3 Å². The van der Waals surface area contributed by atoms with Crippen LogP contribution in [0.5, 0.6) is 11.5 Å². The van der Waals surface area contributed by atoms with E-state index in [1.54, 1.807) is 0 Å². The van der Waals surface area contributed by atoms with Gasteiger partial charge in [0.1, 0.15) is 13.2 Å². The summed E-state index contributed by atoms with van der Waals surface area (Å²) in [4.78, 5) is 2.44. The van der Waals surface area contributed by atoms with Crippen molar-refractivity contribution in [3.63, 3.8) is 0 Å². The third kappa shape index (κ3) is 2.46. The maximum Gasteiger partial charge on any atom is 0.161 e. The van der Waals surface area contributed by atoms with E-state index in [4.69, 9.17) is 9.47 Å². The van der Waals surface area contributed by atoms with Gasteiger partial charge in [0, 0.05) is 25.3 Å². The first-order chi connectivity index (χ1) is 10.7. The van der Waals surface area contributed by atoms with E-state index in [1.165, 1.54) is 11.3 Å². The van der Waals surface area contributed by atoms with Crippen molar-refractivity contribution < 1.29 is 9.47 Å². The summed E-state index contributed by atoms with van der Waals surface area (Å²) in [6, 6.07) is 8.90. The van der Waals surface area contributed by atoms with Gasteiger partial charge in [0.25, 0.3) is 0 Å². The molecule has 22 heavy (non-hydrogen) atoms. The number of hydrogen-bond acceptors (Lipinski definition) is 4. The summed E-state index contributed by atoms with van der Waals surface area (Å²) in [5, 5.41) is 4.58. The molecule has 4 rings (SSSR count). The van der Waals surface area contributed by atoms with Crippen LogP contribution in [0.25, 0.3) is 0 Å². The molecule has 1 aromatic carbocycles.